The fraction of sp³-hybridized carbons (Fsp3) is 0.217. The summed E-state index contributed by atoms with van der Waals surface area (Å²) >= 11 is 1.29. The molecular formula is C23H19N3O3S. The van der Waals surface area contributed by atoms with E-state index in [1.165, 1.54) is 11.3 Å². The van der Waals surface area contributed by atoms with Crippen molar-refractivity contribution in [3.05, 3.63) is 64.5 Å². The molecule has 0 aliphatic heterocycles. The van der Waals surface area contributed by atoms with Crippen molar-refractivity contribution in [2.45, 2.75) is 18.8 Å². The van der Waals surface area contributed by atoms with Crippen LogP contribution in [0.25, 0.3) is 11.3 Å². The van der Waals surface area contributed by atoms with Crippen LogP contribution in [-0.4, -0.2) is 23.8 Å². The minimum absolute atomic E-state index is 0.0119. The number of ketones is 1. The third-order valence-electron chi connectivity index (χ3n) is 4.93. The molecule has 1 saturated carbocycles. The summed E-state index contributed by atoms with van der Waals surface area (Å²) in [4.78, 5) is 29.3. The first-order valence-corrected chi connectivity index (χ1v) is 10.4. The first-order chi connectivity index (χ1) is 14.6. The van der Waals surface area contributed by atoms with Gasteiger partial charge in [0, 0.05) is 28.1 Å². The third kappa shape index (κ3) is 4.24. The molecule has 2 aromatic carbocycles. The van der Waals surface area contributed by atoms with E-state index in [-0.39, 0.29) is 17.6 Å². The van der Waals surface area contributed by atoms with E-state index < -0.39 is 5.92 Å². The van der Waals surface area contributed by atoms with Crippen molar-refractivity contribution in [2.75, 3.05) is 12.4 Å². The van der Waals surface area contributed by atoms with Gasteiger partial charge >= 0.3 is 0 Å². The lowest BCUT2D eigenvalue weighted by Gasteiger charge is -2.08. The quantitative estimate of drug-likeness (QED) is 0.565. The number of methoxy groups -OCH3 is 1. The van der Waals surface area contributed by atoms with Crippen LogP contribution in [0, 0.1) is 17.2 Å². The largest absolute Gasteiger partial charge is 0.497 e. The number of anilines is 1. The van der Waals surface area contributed by atoms with Crippen molar-refractivity contribution in [3.8, 4) is 23.1 Å². The summed E-state index contributed by atoms with van der Waals surface area (Å²) in [7, 11) is 1.60. The molecule has 4 rings (SSSR count). The Kier molecular flexibility index (Phi) is 5.59. The molecule has 1 aliphatic carbocycles. The van der Waals surface area contributed by atoms with Gasteiger partial charge in [-0.15, -0.1) is 11.3 Å². The Morgan fingerprint density at radius 3 is 2.47 bits per heavy atom. The van der Waals surface area contributed by atoms with E-state index in [0.29, 0.717) is 22.0 Å². The van der Waals surface area contributed by atoms with E-state index >= 15 is 0 Å². The number of hydrogen-bond donors (Lipinski definition) is 1. The molecule has 0 saturated heterocycles. The average Bonchev–Trinajstić information content (AvgIpc) is 3.53. The first-order valence-electron chi connectivity index (χ1n) is 9.53. The number of carbonyl (C=O) groups excluding carboxylic acids is 2. The van der Waals surface area contributed by atoms with Gasteiger partial charge in [0.25, 0.3) is 0 Å². The van der Waals surface area contributed by atoms with Crippen LogP contribution in [0.1, 0.15) is 34.1 Å². The van der Waals surface area contributed by atoms with Crippen molar-refractivity contribution in [1.29, 1.82) is 5.26 Å². The molecule has 0 spiro atoms. The lowest BCUT2D eigenvalue weighted by atomic mass is 9.99. The Labute approximate surface area is 178 Å². The molecule has 0 radical (unpaired) electrons. The molecule has 7 heteroatoms. The molecule has 1 aromatic heterocycles. The van der Waals surface area contributed by atoms with Gasteiger partial charge in [-0.1, -0.05) is 0 Å². The minimum atomic E-state index is -0.978. The van der Waals surface area contributed by atoms with Gasteiger partial charge in [0.2, 0.25) is 5.91 Å². The molecule has 1 atom stereocenters. The highest BCUT2D eigenvalue weighted by Gasteiger charge is 2.30. The van der Waals surface area contributed by atoms with Gasteiger partial charge in [-0.2, -0.15) is 5.26 Å². The van der Waals surface area contributed by atoms with Crippen molar-refractivity contribution < 1.29 is 14.3 Å². The van der Waals surface area contributed by atoms with Crippen LogP contribution < -0.4 is 10.1 Å². The maximum Gasteiger partial charge on any atom is 0.227 e. The van der Waals surface area contributed by atoms with Crippen LogP contribution >= 0.6 is 11.3 Å². The predicted molar refractivity (Wildman–Crippen MR) is 115 cm³/mol. The van der Waals surface area contributed by atoms with Crippen molar-refractivity contribution in [2.24, 2.45) is 5.92 Å². The third-order valence-corrected chi connectivity index (χ3v) is 5.84. The van der Waals surface area contributed by atoms with E-state index in [1.807, 2.05) is 29.6 Å². The Bertz CT molecular complexity index is 1110. The standard InChI is InChI=1S/C23H19N3O3S/c1-29-18-10-6-14(7-11-18)20-13-30-23(26-20)19(12-24)21(27)15-4-8-17(9-5-15)25-22(28)16-2-3-16/h4-11,13,16,19H,2-3H2,1H3,(H,25,28). The molecule has 3 aromatic rings. The number of amides is 1. The fourth-order valence-corrected chi connectivity index (χ4v) is 3.88. The predicted octanol–water partition coefficient (Wildman–Crippen LogP) is 4.66. The number of rotatable bonds is 7. The second-order valence-electron chi connectivity index (χ2n) is 7.07. The Balaban J connectivity index is 1.49. The maximum absolute atomic E-state index is 12.9. The summed E-state index contributed by atoms with van der Waals surface area (Å²) in [6.45, 7) is 0. The molecule has 1 fully saturated rings. The van der Waals surface area contributed by atoms with Gasteiger partial charge in [-0.05, 0) is 61.4 Å². The molecule has 30 heavy (non-hydrogen) atoms. The normalized spacial score (nSPS) is 13.9. The highest BCUT2D eigenvalue weighted by Crippen LogP contribution is 2.31. The molecule has 1 amide bonds. The molecule has 1 aliphatic rings. The van der Waals surface area contributed by atoms with E-state index in [2.05, 4.69) is 16.4 Å². The number of ether oxygens (including phenoxy) is 1. The number of benzene rings is 2. The van der Waals surface area contributed by atoms with Gasteiger partial charge in [0.1, 0.15) is 10.8 Å². The Hall–Kier alpha value is -3.50. The second-order valence-corrected chi connectivity index (χ2v) is 7.96. The van der Waals surface area contributed by atoms with Crippen LogP contribution in [0.2, 0.25) is 0 Å². The van der Waals surface area contributed by atoms with E-state index in [0.717, 1.165) is 24.2 Å². The molecule has 1 N–H and O–H groups in total. The zero-order valence-corrected chi connectivity index (χ0v) is 17.1. The van der Waals surface area contributed by atoms with Gasteiger partial charge in [0.05, 0.1) is 18.9 Å². The number of nitriles is 1. The Morgan fingerprint density at radius 2 is 1.87 bits per heavy atom. The average molecular weight is 417 g/mol. The molecule has 0 bridgehead atoms. The van der Waals surface area contributed by atoms with Crippen LogP contribution in [-0.2, 0) is 4.79 Å². The highest BCUT2D eigenvalue weighted by molar-refractivity contribution is 7.10. The van der Waals surface area contributed by atoms with Crippen LogP contribution in [0.3, 0.4) is 0 Å². The number of thiazole rings is 1. The van der Waals surface area contributed by atoms with Crippen molar-refractivity contribution in [1.82, 2.24) is 4.98 Å². The maximum atomic E-state index is 12.9. The van der Waals surface area contributed by atoms with Crippen LogP contribution in [0.15, 0.2) is 53.9 Å². The second kappa shape index (κ2) is 8.47. The highest BCUT2D eigenvalue weighted by atomic mass is 32.1. The number of Topliss-reactive ketones (excluding diaryl/α,β-unsaturated/α-hetero) is 1. The van der Waals surface area contributed by atoms with Crippen molar-refractivity contribution >= 4 is 28.7 Å². The van der Waals surface area contributed by atoms with Gasteiger partial charge in [-0.25, -0.2) is 4.98 Å². The number of aromatic nitrogens is 1. The lowest BCUT2D eigenvalue weighted by Crippen LogP contribution is -2.14. The van der Waals surface area contributed by atoms with Crippen LogP contribution in [0.5, 0.6) is 5.75 Å². The summed E-state index contributed by atoms with van der Waals surface area (Å²) in [6, 6.07) is 16.2. The molecule has 150 valence electrons. The summed E-state index contributed by atoms with van der Waals surface area (Å²) in [5.74, 6) is -0.421. The minimum Gasteiger partial charge on any atom is -0.497 e. The first kappa shape index (κ1) is 19.8. The smallest absolute Gasteiger partial charge is 0.227 e. The lowest BCUT2D eigenvalue weighted by molar-refractivity contribution is -0.117. The number of nitrogens with one attached hydrogen (secondary N) is 1. The SMILES string of the molecule is COc1ccc(-c2csc(C(C#N)C(=O)c3ccc(NC(=O)C4CC4)cc3)n2)cc1. The topological polar surface area (TPSA) is 92.1 Å². The number of nitrogens with zero attached hydrogens (tertiary/aromatic N) is 2. The molecule has 6 nitrogen and oxygen atoms in total. The van der Waals surface area contributed by atoms with Gasteiger partial charge in [0.15, 0.2) is 11.7 Å². The Morgan fingerprint density at radius 1 is 1.17 bits per heavy atom. The molecular weight excluding hydrogens is 398 g/mol. The van der Waals surface area contributed by atoms with Crippen LogP contribution in [0.4, 0.5) is 5.69 Å². The summed E-state index contributed by atoms with van der Waals surface area (Å²) < 4.78 is 5.16. The summed E-state index contributed by atoms with van der Waals surface area (Å²) in [6.07, 6.45) is 1.86. The summed E-state index contributed by atoms with van der Waals surface area (Å²) in [5, 5.41) is 14.8. The van der Waals surface area contributed by atoms with Gasteiger partial charge < -0.3 is 10.1 Å². The zero-order valence-electron chi connectivity index (χ0n) is 16.3. The zero-order chi connectivity index (χ0) is 21.1. The van der Waals surface area contributed by atoms with E-state index in [9.17, 15) is 14.9 Å². The molecule has 1 unspecified atom stereocenters. The van der Waals surface area contributed by atoms with Gasteiger partial charge in [-0.3, -0.25) is 9.59 Å². The molecule has 1 heterocycles. The number of hydrogen-bond acceptors (Lipinski definition) is 6. The monoisotopic (exact) mass is 417 g/mol. The summed E-state index contributed by atoms with van der Waals surface area (Å²) in [5.41, 5.74) is 2.65. The number of carbonyl (C=O) groups is 2. The van der Waals surface area contributed by atoms with Crippen molar-refractivity contribution in [3.63, 3.8) is 0 Å². The fourth-order valence-electron chi connectivity index (χ4n) is 3.01. The van der Waals surface area contributed by atoms with E-state index in [4.69, 9.17) is 4.74 Å². The van der Waals surface area contributed by atoms with E-state index in [1.54, 1.807) is 31.4 Å².